The molecular weight excluding hydrogens is 302 g/mol. The minimum Gasteiger partial charge on any atom is -0.381 e. The van der Waals surface area contributed by atoms with Gasteiger partial charge < -0.3 is 9.64 Å². The number of fused-ring (bicyclic) bond motifs is 1. The molecule has 5 nitrogen and oxygen atoms in total. The third-order valence-electron chi connectivity index (χ3n) is 5.15. The Labute approximate surface area is 142 Å². The van der Waals surface area contributed by atoms with Crippen molar-refractivity contribution in [2.45, 2.75) is 18.9 Å². The SMILES string of the molecule is O=C(c1cnc2ccccc2c1)N1CCN(C2CCOCC2)CC1. The van der Waals surface area contributed by atoms with Gasteiger partial charge in [0, 0.05) is 57.0 Å². The number of carbonyl (C=O) groups is 1. The lowest BCUT2D eigenvalue weighted by Gasteiger charge is -2.40. The van der Waals surface area contributed by atoms with Gasteiger partial charge in [-0.15, -0.1) is 0 Å². The van der Waals surface area contributed by atoms with Gasteiger partial charge in [-0.2, -0.15) is 0 Å². The van der Waals surface area contributed by atoms with Gasteiger partial charge in [0.15, 0.2) is 0 Å². The van der Waals surface area contributed by atoms with Crippen molar-refractivity contribution >= 4 is 16.8 Å². The Hall–Kier alpha value is -1.98. The number of benzene rings is 1. The monoisotopic (exact) mass is 325 g/mol. The molecule has 0 radical (unpaired) electrons. The molecule has 0 unspecified atom stereocenters. The van der Waals surface area contributed by atoms with Crippen LogP contribution < -0.4 is 0 Å². The summed E-state index contributed by atoms with van der Waals surface area (Å²) in [6, 6.07) is 10.5. The van der Waals surface area contributed by atoms with Crippen molar-refractivity contribution < 1.29 is 9.53 Å². The minimum absolute atomic E-state index is 0.0971. The Bertz CT molecular complexity index is 719. The lowest BCUT2D eigenvalue weighted by atomic mass is 10.1. The Balaban J connectivity index is 1.41. The number of nitrogens with zero attached hydrogens (tertiary/aromatic N) is 3. The van der Waals surface area contributed by atoms with Crippen LogP contribution in [0.2, 0.25) is 0 Å². The molecule has 2 aromatic rings. The number of para-hydroxylation sites is 1. The summed E-state index contributed by atoms with van der Waals surface area (Å²) >= 11 is 0. The van der Waals surface area contributed by atoms with Gasteiger partial charge in [-0.1, -0.05) is 18.2 Å². The largest absolute Gasteiger partial charge is 0.381 e. The number of hydrogen-bond acceptors (Lipinski definition) is 4. The van der Waals surface area contributed by atoms with E-state index in [9.17, 15) is 4.79 Å². The molecule has 24 heavy (non-hydrogen) atoms. The van der Waals surface area contributed by atoms with E-state index in [0.717, 1.165) is 63.1 Å². The maximum absolute atomic E-state index is 12.8. The Morgan fingerprint density at radius 3 is 2.62 bits per heavy atom. The molecule has 0 spiro atoms. The van der Waals surface area contributed by atoms with Crippen molar-refractivity contribution in [2.24, 2.45) is 0 Å². The molecule has 2 fully saturated rings. The molecule has 1 amide bonds. The first kappa shape index (κ1) is 15.5. The van der Waals surface area contributed by atoms with Crippen molar-refractivity contribution in [2.75, 3.05) is 39.4 Å². The first-order valence-corrected chi connectivity index (χ1v) is 8.77. The summed E-state index contributed by atoms with van der Waals surface area (Å²) in [5, 5.41) is 1.02. The van der Waals surface area contributed by atoms with E-state index in [0.29, 0.717) is 11.6 Å². The number of hydrogen-bond donors (Lipinski definition) is 0. The third-order valence-corrected chi connectivity index (χ3v) is 5.15. The van der Waals surface area contributed by atoms with Gasteiger partial charge in [0.05, 0.1) is 11.1 Å². The molecule has 1 aromatic heterocycles. The predicted octanol–water partition coefficient (Wildman–Crippen LogP) is 2.17. The molecule has 0 N–H and O–H groups in total. The van der Waals surface area contributed by atoms with Gasteiger partial charge >= 0.3 is 0 Å². The number of piperazine rings is 1. The first-order valence-electron chi connectivity index (χ1n) is 8.77. The highest BCUT2D eigenvalue weighted by Gasteiger charge is 2.27. The highest BCUT2D eigenvalue weighted by Crippen LogP contribution is 2.18. The summed E-state index contributed by atoms with van der Waals surface area (Å²) in [6.07, 6.45) is 3.93. The number of amides is 1. The molecule has 126 valence electrons. The molecule has 0 bridgehead atoms. The maximum Gasteiger partial charge on any atom is 0.255 e. The van der Waals surface area contributed by atoms with Gasteiger partial charge in [-0.3, -0.25) is 14.7 Å². The number of ether oxygens (including phenoxy) is 1. The van der Waals surface area contributed by atoms with Gasteiger partial charge in [0.1, 0.15) is 0 Å². The van der Waals surface area contributed by atoms with Crippen LogP contribution in [0, 0.1) is 0 Å². The van der Waals surface area contributed by atoms with E-state index in [1.54, 1.807) is 6.20 Å². The Morgan fingerprint density at radius 2 is 1.83 bits per heavy atom. The fraction of sp³-hybridized carbons (Fsp3) is 0.474. The molecule has 0 saturated carbocycles. The average Bonchev–Trinajstić information content (AvgIpc) is 2.68. The number of carbonyl (C=O) groups excluding carboxylic acids is 1. The van der Waals surface area contributed by atoms with E-state index in [4.69, 9.17) is 4.74 Å². The van der Waals surface area contributed by atoms with Crippen molar-refractivity contribution in [1.29, 1.82) is 0 Å². The molecule has 1 aromatic carbocycles. The van der Waals surface area contributed by atoms with E-state index in [-0.39, 0.29) is 5.91 Å². The molecule has 2 aliphatic rings. The average molecular weight is 325 g/mol. The smallest absolute Gasteiger partial charge is 0.255 e. The molecular formula is C19H23N3O2. The molecule has 2 saturated heterocycles. The second-order valence-electron chi connectivity index (χ2n) is 6.59. The topological polar surface area (TPSA) is 45.7 Å². The van der Waals surface area contributed by atoms with E-state index >= 15 is 0 Å². The Kier molecular flexibility index (Phi) is 4.45. The lowest BCUT2D eigenvalue weighted by Crippen LogP contribution is -2.53. The van der Waals surface area contributed by atoms with Crippen LogP contribution in [-0.2, 0) is 4.74 Å². The third kappa shape index (κ3) is 3.14. The summed E-state index contributed by atoms with van der Waals surface area (Å²) in [5.41, 5.74) is 1.62. The Morgan fingerprint density at radius 1 is 1.08 bits per heavy atom. The van der Waals surface area contributed by atoms with Gasteiger partial charge in [-0.25, -0.2) is 0 Å². The summed E-state index contributed by atoms with van der Waals surface area (Å²) in [7, 11) is 0. The number of rotatable bonds is 2. The van der Waals surface area contributed by atoms with E-state index < -0.39 is 0 Å². The van der Waals surface area contributed by atoms with Gasteiger partial charge in [0.25, 0.3) is 5.91 Å². The summed E-state index contributed by atoms with van der Waals surface area (Å²) in [5.74, 6) is 0.0971. The van der Waals surface area contributed by atoms with Crippen molar-refractivity contribution in [3.8, 4) is 0 Å². The highest BCUT2D eigenvalue weighted by atomic mass is 16.5. The van der Waals surface area contributed by atoms with Gasteiger partial charge in [-0.05, 0) is 25.0 Å². The van der Waals surface area contributed by atoms with Crippen molar-refractivity contribution in [3.63, 3.8) is 0 Å². The zero-order chi connectivity index (χ0) is 16.4. The van der Waals surface area contributed by atoms with E-state index in [1.807, 2.05) is 35.2 Å². The quantitative estimate of drug-likeness (QED) is 0.849. The van der Waals surface area contributed by atoms with E-state index in [2.05, 4.69) is 9.88 Å². The second-order valence-corrected chi connectivity index (χ2v) is 6.59. The fourth-order valence-electron chi connectivity index (χ4n) is 3.71. The molecule has 5 heteroatoms. The summed E-state index contributed by atoms with van der Waals surface area (Å²) in [4.78, 5) is 21.7. The molecule has 2 aliphatic heterocycles. The van der Waals surface area contributed by atoms with Gasteiger partial charge in [0.2, 0.25) is 0 Å². The summed E-state index contributed by atoms with van der Waals surface area (Å²) < 4.78 is 5.44. The van der Waals surface area contributed by atoms with Crippen LogP contribution in [0.3, 0.4) is 0 Å². The second kappa shape index (κ2) is 6.87. The van der Waals surface area contributed by atoms with Crippen LogP contribution in [0.4, 0.5) is 0 Å². The fourth-order valence-corrected chi connectivity index (χ4v) is 3.71. The zero-order valence-corrected chi connectivity index (χ0v) is 13.9. The molecule has 3 heterocycles. The first-order chi connectivity index (χ1) is 11.8. The minimum atomic E-state index is 0.0971. The maximum atomic E-state index is 12.8. The molecule has 0 aliphatic carbocycles. The molecule has 4 rings (SSSR count). The highest BCUT2D eigenvalue weighted by molar-refractivity contribution is 5.97. The van der Waals surface area contributed by atoms with Crippen LogP contribution in [0.1, 0.15) is 23.2 Å². The van der Waals surface area contributed by atoms with Crippen LogP contribution in [0.15, 0.2) is 36.5 Å². The number of aromatic nitrogens is 1. The van der Waals surface area contributed by atoms with Crippen LogP contribution >= 0.6 is 0 Å². The molecule has 0 atom stereocenters. The normalized spacial score (nSPS) is 20.4. The zero-order valence-electron chi connectivity index (χ0n) is 13.9. The van der Waals surface area contributed by atoms with Crippen LogP contribution in [0.5, 0.6) is 0 Å². The predicted molar refractivity (Wildman–Crippen MR) is 93.1 cm³/mol. The van der Waals surface area contributed by atoms with Crippen LogP contribution in [0.25, 0.3) is 10.9 Å². The van der Waals surface area contributed by atoms with Crippen molar-refractivity contribution in [1.82, 2.24) is 14.8 Å². The summed E-state index contributed by atoms with van der Waals surface area (Å²) in [6.45, 7) is 5.24. The van der Waals surface area contributed by atoms with Crippen LogP contribution in [-0.4, -0.2) is 66.1 Å². The van der Waals surface area contributed by atoms with E-state index in [1.165, 1.54) is 0 Å². The standard InChI is InChI=1S/C19H23N3O2/c23-19(16-13-15-3-1-2-4-18(15)20-14-16)22-9-7-21(8-10-22)17-5-11-24-12-6-17/h1-4,13-14,17H,5-12H2. The van der Waals surface area contributed by atoms with Crippen molar-refractivity contribution in [3.05, 3.63) is 42.1 Å². The lowest BCUT2D eigenvalue weighted by molar-refractivity contribution is 0.0137. The number of pyridine rings is 1.